The topological polar surface area (TPSA) is 93.1 Å². The van der Waals surface area contributed by atoms with Gasteiger partial charge < -0.3 is 10.6 Å². The Morgan fingerprint density at radius 3 is 2.77 bits per heavy atom. The highest BCUT2D eigenvalue weighted by Gasteiger charge is 2.20. The van der Waals surface area contributed by atoms with Gasteiger partial charge in [0.1, 0.15) is 17.9 Å². The largest absolute Gasteiger partial charge is 0.349 e. The Labute approximate surface area is 149 Å². The first-order valence-electron chi connectivity index (χ1n) is 8.43. The predicted octanol–water partition coefficient (Wildman–Crippen LogP) is 1.69. The summed E-state index contributed by atoms with van der Waals surface area (Å²) in [5.41, 5.74) is -0.408. The molecule has 3 rings (SSSR count). The van der Waals surface area contributed by atoms with Crippen LogP contribution in [0.4, 0.5) is 10.1 Å². The van der Waals surface area contributed by atoms with Crippen LogP contribution in [-0.4, -0.2) is 27.4 Å². The number of rotatable bonds is 5. The molecule has 1 aliphatic rings. The van der Waals surface area contributed by atoms with Gasteiger partial charge in [0.15, 0.2) is 0 Å². The van der Waals surface area contributed by atoms with E-state index >= 15 is 0 Å². The maximum absolute atomic E-state index is 13.2. The van der Waals surface area contributed by atoms with E-state index in [-0.39, 0.29) is 23.8 Å². The SMILES string of the molecule is O=C(Cn1cncc(C(=O)NC2CCCC2)c1=O)Nc1cccc(F)c1. The molecule has 1 aromatic carbocycles. The molecule has 0 bridgehead atoms. The zero-order valence-electron chi connectivity index (χ0n) is 14.1. The molecule has 7 nitrogen and oxygen atoms in total. The summed E-state index contributed by atoms with van der Waals surface area (Å²) in [6.45, 7) is -0.326. The second kappa shape index (κ2) is 7.90. The van der Waals surface area contributed by atoms with Gasteiger partial charge in [0, 0.05) is 17.9 Å². The van der Waals surface area contributed by atoms with Crippen molar-refractivity contribution in [3.63, 3.8) is 0 Å². The molecule has 0 radical (unpaired) electrons. The van der Waals surface area contributed by atoms with Gasteiger partial charge in [-0.05, 0) is 31.0 Å². The van der Waals surface area contributed by atoms with Crippen molar-refractivity contribution >= 4 is 17.5 Å². The predicted molar refractivity (Wildman–Crippen MR) is 93.2 cm³/mol. The van der Waals surface area contributed by atoms with Crippen molar-refractivity contribution in [1.29, 1.82) is 0 Å². The second-order valence-electron chi connectivity index (χ2n) is 6.25. The lowest BCUT2D eigenvalue weighted by Crippen LogP contribution is -2.38. The van der Waals surface area contributed by atoms with Crippen molar-refractivity contribution < 1.29 is 14.0 Å². The molecule has 8 heteroatoms. The first-order chi connectivity index (χ1) is 12.5. The third-order valence-electron chi connectivity index (χ3n) is 4.26. The zero-order valence-corrected chi connectivity index (χ0v) is 14.1. The van der Waals surface area contributed by atoms with Crippen molar-refractivity contribution in [3.8, 4) is 0 Å². The van der Waals surface area contributed by atoms with Gasteiger partial charge in [0.05, 0.1) is 6.33 Å². The fraction of sp³-hybridized carbons (Fsp3) is 0.333. The smallest absolute Gasteiger partial charge is 0.266 e. The third-order valence-corrected chi connectivity index (χ3v) is 4.26. The first-order valence-corrected chi connectivity index (χ1v) is 8.43. The zero-order chi connectivity index (χ0) is 18.5. The first kappa shape index (κ1) is 17.8. The standard InChI is InChI=1S/C18H19FN4O3/c19-12-4-3-7-14(8-12)21-16(24)10-23-11-20-9-15(18(23)26)17(25)22-13-5-1-2-6-13/h3-4,7-9,11,13H,1-2,5-6,10H2,(H,21,24)(H,22,25). The number of carbonyl (C=O) groups excluding carboxylic acids is 2. The van der Waals surface area contributed by atoms with Gasteiger partial charge in [0.2, 0.25) is 5.91 Å². The number of hydrogen-bond donors (Lipinski definition) is 2. The number of carbonyl (C=O) groups is 2. The van der Waals surface area contributed by atoms with Crippen LogP contribution in [0.1, 0.15) is 36.0 Å². The minimum Gasteiger partial charge on any atom is -0.349 e. The van der Waals surface area contributed by atoms with E-state index in [4.69, 9.17) is 0 Å². The van der Waals surface area contributed by atoms with Crippen LogP contribution in [0.25, 0.3) is 0 Å². The highest BCUT2D eigenvalue weighted by Crippen LogP contribution is 2.17. The maximum atomic E-state index is 13.2. The average molecular weight is 358 g/mol. The molecule has 0 atom stereocenters. The van der Waals surface area contributed by atoms with E-state index < -0.39 is 23.2 Å². The lowest BCUT2D eigenvalue weighted by molar-refractivity contribution is -0.116. The fourth-order valence-electron chi connectivity index (χ4n) is 2.97. The lowest BCUT2D eigenvalue weighted by Gasteiger charge is -2.12. The van der Waals surface area contributed by atoms with Gasteiger partial charge in [-0.3, -0.25) is 19.0 Å². The summed E-state index contributed by atoms with van der Waals surface area (Å²) in [5.74, 6) is -1.48. The molecule has 26 heavy (non-hydrogen) atoms. The molecule has 0 saturated heterocycles. The molecule has 1 aliphatic carbocycles. The minimum atomic E-state index is -0.593. The molecule has 136 valence electrons. The molecule has 1 fully saturated rings. The van der Waals surface area contributed by atoms with Crippen molar-refractivity contribution in [2.75, 3.05) is 5.32 Å². The molecular weight excluding hydrogens is 339 g/mol. The van der Waals surface area contributed by atoms with Crippen molar-refractivity contribution in [2.24, 2.45) is 0 Å². The molecule has 2 N–H and O–H groups in total. The molecule has 0 spiro atoms. The Morgan fingerprint density at radius 1 is 1.27 bits per heavy atom. The number of halogens is 1. The van der Waals surface area contributed by atoms with Crippen molar-refractivity contribution in [2.45, 2.75) is 38.3 Å². The number of hydrogen-bond acceptors (Lipinski definition) is 4. The third kappa shape index (κ3) is 4.33. The van der Waals surface area contributed by atoms with Crippen LogP contribution in [0.2, 0.25) is 0 Å². The van der Waals surface area contributed by atoms with E-state index in [0.717, 1.165) is 30.3 Å². The quantitative estimate of drug-likeness (QED) is 0.851. The van der Waals surface area contributed by atoms with Crippen LogP contribution in [-0.2, 0) is 11.3 Å². The van der Waals surface area contributed by atoms with Crippen LogP contribution in [0.5, 0.6) is 0 Å². The number of benzene rings is 1. The van der Waals surface area contributed by atoms with Crippen LogP contribution in [0.15, 0.2) is 41.6 Å². The summed E-state index contributed by atoms with van der Waals surface area (Å²) in [6.07, 6.45) is 6.31. The summed E-state index contributed by atoms with van der Waals surface area (Å²) in [6, 6.07) is 5.51. The Kier molecular flexibility index (Phi) is 5.40. The highest BCUT2D eigenvalue weighted by atomic mass is 19.1. The highest BCUT2D eigenvalue weighted by molar-refractivity contribution is 5.94. The van der Waals surface area contributed by atoms with Gasteiger partial charge in [-0.15, -0.1) is 0 Å². The molecule has 2 amide bonds. The molecule has 2 aromatic rings. The summed E-state index contributed by atoms with van der Waals surface area (Å²) in [7, 11) is 0. The number of amides is 2. The van der Waals surface area contributed by atoms with E-state index in [1.165, 1.54) is 36.8 Å². The Balaban J connectivity index is 1.69. The van der Waals surface area contributed by atoms with Gasteiger partial charge in [-0.1, -0.05) is 18.9 Å². The minimum absolute atomic E-state index is 0.0758. The van der Waals surface area contributed by atoms with Gasteiger partial charge in [-0.25, -0.2) is 9.37 Å². The van der Waals surface area contributed by atoms with Crippen LogP contribution in [0.3, 0.4) is 0 Å². The Morgan fingerprint density at radius 2 is 2.04 bits per heavy atom. The molecule has 0 unspecified atom stereocenters. The average Bonchev–Trinajstić information content (AvgIpc) is 3.09. The van der Waals surface area contributed by atoms with E-state index in [1.807, 2.05) is 0 Å². The van der Waals surface area contributed by atoms with Crippen molar-refractivity contribution in [3.05, 3.63) is 58.5 Å². The Bertz CT molecular complexity index is 875. The van der Waals surface area contributed by atoms with Crippen molar-refractivity contribution in [1.82, 2.24) is 14.9 Å². The van der Waals surface area contributed by atoms with Crippen LogP contribution in [0, 0.1) is 5.82 Å². The number of nitrogens with one attached hydrogen (secondary N) is 2. The maximum Gasteiger partial charge on any atom is 0.266 e. The normalized spacial score (nSPS) is 14.2. The summed E-state index contributed by atoms with van der Waals surface area (Å²) in [4.78, 5) is 40.7. The molecule has 1 saturated carbocycles. The molecule has 1 heterocycles. The van der Waals surface area contributed by atoms with Gasteiger partial charge in [-0.2, -0.15) is 0 Å². The van der Waals surface area contributed by atoms with Gasteiger partial charge in [0.25, 0.3) is 11.5 Å². The van der Waals surface area contributed by atoms with Crippen LogP contribution < -0.4 is 16.2 Å². The van der Waals surface area contributed by atoms with Crippen LogP contribution >= 0.6 is 0 Å². The van der Waals surface area contributed by atoms with E-state index in [2.05, 4.69) is 15.6 Å². The molecule has 0 aliphatic heterocycles. The molecule has 1 aromatic heterocycles. The molecular formula is C18H19FN4O3. The number of anilines is 1. The Hall–Kier alpha value is -3.03. The van der Waals surface area contributed by atoms with E-state index in [0.29, 0.717) is 0 Å². The summed E-state index contributed by atoms with van der Waals surface area (Å²) >= 11 is 0. The monoisotopic (exact) mass is 358 g/mol. The van der Waals surface area contributed by atoms with E-state index in [1.54, 1.807) is 0 Å². The lowest BCUT2D eigenvalue weighted by atomic mass is 10.2. The fourth-order valence-corrected chi connectivity index (χ4v) is 2.97. The number of nitrogens with zero attached hydrogens (tertiary/aromatic N) is 2. The summed E-state index contributed by atoms with van der Waals surface area (Å²) < 4.78 is 14.2. The van der Waals surface area contributed by atoms with Gasteiger partial charge >= 0.3 is 0 Å². The van der Waals surface area contributed by atoms with E-state index in [9.17, 15) is 18.8 Å². The number of aromatic nitrogens is 2. The summed E-state index contributed by atoms with van der Waals surface area (Å²) in [5, 5.41) is 5.33. The second-order valence-corrected chi connectivity index (χ2v) is 6.25.